The average Bonchev–Trinajstić information content (AvgIpc) is 3.23. The molecule has 1 saturated carbocycles. The van der Waals surface area contributed by atoms with Crippen molar-refractivity contribution in [1.29, 1.82) is 5.26 Å². The number of nitriles is 1. The van der Waals surface area contributed by atoms with E-state index in [0.717, 1.165) is 75.4 Å². The first-order chi connectivity index (χ1) is 28.2. The van der Waals surface area contributed by atoms with E-state index < -0.39 is 11.9 Å². The number of piperazine rings is 1. The highest BCUT2D eigenvalue weighted by Crippen LogP contribution is 2.55. The SMILES string of the molecule is CC1(C)[C@H](NC(=O)c2ccc(N3CCC(CN4CCN(c5ccc6cnn(C7CCC(=O)NC7=O)c(=O)c6c5)CC4)CC3)cc2)C(C)(C)[C@H]1Oc1ccc(C#N)c(Cl)c1. The number of amides is 3. The van der Waals surface area contributed by atoms with Gasteiger partial charge in [-0.15, -0.1) is 0 Å². The van der Waals surface area contributed by atoms with Crippen LogP contribution in [0.3, 0.4) is 0 Å². The number of hydrogen-bond donors (Lipinski definition) is 2. The molecule has 1 aromatic heterocycles. The summed E-state index contributed by atoms with van der Waals surface area (Å²) in [7, 11) is 0. The third-order valence-corrected chi connectivity index (χ3v) is 13.4. The number of carbonyl (C=O) groups excluding carboxylic acids is 3. The molecule has 14 heteroatoms. The van der Waals surface area contributed by atoms with Crippen LogP contribution in [-0.2, 0) is 9.59 Å². The Morgan fingerprint density at radius 2 is 1.58 bits per heavy atom. The van der Waals surface area contributed by atoms with Gasteiger partial charge in [0.15, 0.2) is 0 Å². The average molecular weight is 819 g/mol. The Bertz CT molecular complexity index is 2360. The van der Waals surface area contributed by atoms with Crippen LogP contribution < -0.4 is 30.7 Å². The van der Waals surface area contributed by atoms with E-state index in [4.69, 9.17) is 16.3 Å². The molecule has 3 saturated heterocycles. The fourth-order valence-electron chi connectivity index (χ4n) is 10.0. The molecule has 0 radical (unpaired) electrons. The van der Waals surface area contributed by atoms with Gasteiger partial charge < -0.3 is 19.9 Å². The van der Waals surface area contributed by atoms with Crippen molar-refractivity contribution in [3.8, 4) is 11.8 Å². The number of benzene rings is 3. The summed E-state index contributed by atoms with van der Waals surface area (Å²) in [4.78, 5) is 58.3. The Morgan fingerprint density at radius 3 is 2.24 bits per heavy atom. The van der Waals surface area contributed by atoms with Gasteiger partial charge in [-0.3, -0.25) is 29.4 Å². The standard InChI is InChI=1S/C45H51ClN8O5/c1-44(2)42(45(3,4)43(44)59-34-12-8-30(25-47)36(46)24-34)50-39(56)29-5-9-32(10-6-29)52-17-15-28(16-18-52)27-51-19-21-53(22-20-51)33-11-7-31-26-48-54(41(58)35(31)23-33)37-13-14-38(55)49-40(37)57/h5-12,23-24,26,28,37,42-43H,13-22,27H2,1-4H3,(H,50,56)(H,49,55,57)/t37?,42-,43-. The second kappa shape index (κ2) is 16.0. The van der Waals surface area contributed by atoms with Gasteiger partial charge in [-0.1, -0.05) is 45.4 Å². The summed E-state index contributed by atoms with van der Waals surface area (Å²) in [6.45, 7) is 15.0. The molecule has 59 heavy (non-hydrogen) atoms. The molecule has 0 spiro atoms. The van der Waals surface area contributed by atoms with Crippen LogP contribution in [-0.4, -0.2) is 90.4 Å². The number of carbonyl (C=O) groups is 3. The number of imide groups is 1. The molecule has 4 fully saturated rings. The van der Waals surface area contributed by atoms with Gasteiger partial charge in [-0.25, -0.2) is 4.68 Å². The molecule has 13 nitrogen and oxygen atoms in total. The van der Waals surface area contributed by atoms with Gasteiger partial charge in [0.2, 0.25) is 5.91 Å². The molecular formula is C45H51ClN8O5. The first kappa shape index (κ1) is 40.3. The van der Waals surface area contributed by atoms with Crippen molar-refractivity contribution in [2.75, 3.05) is 55.6 Å². The monoisotopic (exact) mass is 818 g/mol. The zero-order valence-electron chi connectivity index (χ0n) is 34.0. The second-order valence-corrected chi connectivity index (χ2v) is 18.1. The molecule has 8 rings (SSSR count). The van der Waals surface area contributed by atoms with Crippen LogP contribution in [0.4, 0.5) is 11.4 Å². The van der Waals surface area contributed by atoms with Crippen molar-refractivity contribution in [2.24, 2.45) is 16.7 Å². The van der Waals surface area contributed by atoms with Gasteiger partial charge in [0, 0.05) is 97.5 Å². The lowest BCUT2D eigenvalue weighted by atomic mass is 9.49. The summed E-state index contributed by atoms with van der Waals surface area (Å²) in [5.41, 5.74) is 2.13. The Hall–Kier alpha value is -5.45. The van der Waals surface area contributed by atoms with E-state index in [-0.39, 0.29) is 53.2 Å². The minimum absolute atomic E-state index is 0.104. The van der Waals surface area contributed by atoms with Crippen molar-refractivity contribution in [2.45, 2.75) is 71.6 Å². The summed E-state index contributed by atoms with van der Waals surface area (Å²) < 4.78 is 7.60. The summed E-state index contributed by atoms with van der Waals surface area (Å²) in [6, 6.07) is 20.1. The van der Waals surface area contributed by atoms with Crippen molar-refractivity contribution >= 4 is 51.5 Å². The third-order valence-electron chi connectivity index (χ3n) is 13.1. The van der Waals surface area contributed by atoms with E-state index in [2.05, 4.69) is 76.3 Å². The van der Waals surface area contributed by atoms with Crippen LogP contribution in [0.15, 0.2) is 71.7 Å². The first-order valence-electron chi connectivity index (χ1n) is 20.6. The van der Waals surface area contributed by atoms with Crippen LogP contribution in [0.25, 0.3) is 10.8 Å². The normalized spacial score (nSPS) is 23.3. The Balaban J connectivity index is 0.802. The number of rotatable bonds is 9. The number of fused-ring (bicyclic) bond motifs is 1. The Kier molecular flexibility index (Phi) is 10.9. The third kappa shape index (κ3) is 7.88. The van der Waals surface area contributed by atoms with E-state index in [1.807, 2.05) is 30.3 Å². The number of piperidine rings is 2. The fourth-order valence-corrected chi connectivity index (χ4v) is 10.3. The van der Waals surface area contributed by atoms with Gasteiger partial charge in [0.1, 0.15) is 24.0 Å². The topological polar surface area (TPSA) is 153 Å². The molecule has 1 aliphatic carbocycles. The van der Waals surface area contributed by atoms with Crippen molar-refractivity contribution in [3.63, 3.8) is 0 Å². The highest BCUT2D eigenvalue weighted by molar-refractivity contribution is 6.31. The number of aromatic nitrogens is 2. The predicted octanol–water partition coefficient (Wildman–Crippen LogP) is 5.55. The minimum atomic E-state index is -0.790. The molecular weight excluding hydrogens is 768 g/mol. The van der Waals surface area contributed by atoms with Crippen molar-refractivity contribution < 1.29 is 19.1 Å². The van der Waals surface area contributed by atoms with E-state index >= 15 is 0 Å². The molecule has 4 aliphatic rings. The minimum Gasteiger partial charge on any atom is -0.489 e. The smallest absolute Gasteiger partial charge is 0.275 e. The van der Waals surface area contributed by atoms with E-state index in [0.29, 0.717) is 33.2 Å². The molecule has 3 aliphatic heterocycles. The van der Waals surface area contributed by atoms with Gasteiger partial charge >= 0.3 is 0 Å². The highest BCUT2D eigenvalue weighted by atomic mass is 35.5. The lowest BCUT2D eigenvalue weighted by Crippen LogP contribution is -2.74. The van der Waals surface area contributed by atoms with Crippen molar-refractivity contribution in [1.82, 2.24) is 25.3 Å². The lowest BCUT2D eigenvalue weighted by Gasteiger charge is -2.63. The van der Waals surface area contributed by atoms with Gasteiger partial charge in [-0.05, 0) is 73.7 Å². The van der Waals surface area contributed by atoms with Crippen LogP contribution in [0, 0.1) is 28.1 Å². The Labute approximate surface area is 349 Å². The van der Waals surface area contributed by atoms with E-state index in [9.17, 15) is 24.4 Å². The van der Waals surface area contributed by atoms with Crippen molar-refractivity contribution in [3.05, 3.63) is 93.4 Å². The van der Waals surface area contributed by atoms with E-state index in [1.165, 1.54) is 4.68 Å². The maximum atomic E-state index is 13.5. The van der Waals surface area contributed by atoms with Crippen LogP contribution in [0.1, 0.15) is 75.3 Å². The summed E-state index contributed by atoms with van der Waals surface area (Å²) in [5.74, 6) is 0.293. The Morgan fingerprint density at radius 1 is 0.898 bits per heavy atom. The molecule has 3 aromatic carbocycles. The molecule has 4 aromatic rings. The molecule has 308 valence electrons. The van der Waals surface area contributed by atoms with E-state index in [1.54, 1.807) is 24.4 Å². The largest absolute Gasteiger partial charge is 0.489 e. The van der Waals surface area contributed by atoms with Gasteiger partial charge in [0.25, 0.3) is 17.4 Å². The van der Waals surface area contributed by atoms with Crippen LogP contribution in [0.5, 0.6) is 5.75 Å². The molecule has 3 amide bonds. The maximum Gasteiger partial charge on any atom is 0.275 e. The van der Waals surface area contributed by atoms with Crippen LogP contribution >= 0.6 is 11.6 Å². The molecule has 2 N–H and O–H groups in total. The fraction of sp³-hybridized carbons (Fsp3) is 0.467. The number of anilines is 2. The lowest BCUT2D eigenvalue weighted by molar-refractivity contribution is -0.164. The highest BCUT2D eigenvalue weighted by Gasteiger charge is 2.64. The molecule has 0 bridgehead atoms. The molecule has 1 atom stereocenters. The maximum absolute atomic E-state index is 13.5. The number of nitrogens with one attached hydrogen (secondary N) is 2. The molecule has 4 heterocycles. The van der Waals surface area contributed by atoms with Gasteiger partial charge in [0.05, 0.1) is 22.2 Å². The number of hydrogen-bond acceptors (Lipinski definition) is 10. The number of nitrogens with zero attached hydrogens (tertiary/aromatic N) is 6. The molecule has 1 unspecified atom stereocenters. The number of ether oxygens (including phenoxy) is 1. The quantitative estimate of drug-likeness (QED) is 0.206. The second-order valence-electron chi connectivity index (χ2n) is 17.7. The predicted molar refractivity (Wildman–Crippen MR) is 227 cm³/mol. The summed E-state index contributed by atoms with van der Waals surface area (Å²) >= 11 is 6.26. The summed E-state index contributed by atoms with van der Waals surface area (Å²) in [5, 5.41) is 20.7. The summed E-state index contributed by atoms with van der Waals surface area (Å²) in [6.07, 6.45) is 4.08. The van der Waals surface area contributed by atoms with Crippen LogP contribution in [0.2, 0.25) is 5.02 Å². The van der Waals surface area contributed by atoms with Gasteiger partial charge in [-0.2, -0.15) is 10.4 Å². The zero-order chi connectivity index (χ0) is 41.6. The zero-order valence-corrected chi connectivity index (χ0v) is 34.8. The number of halogens is 1. The first-order valence-corrected chi connectivity index (χ1v) is 21.0.